The molecule has 3 heterocycles. The quantitative estimate of drug-likeness (QED) is 0.381. The third-order valence-electron chi connectivity index (χ3n) is 5.78. The lowest BCUT2D eigenvalue weighted by Gasteiger charge is -2.33. The van der Waals surface area contributed by atoms with E-state index in [4.69, 9.17) is 31.5 Å². The SMILES string of the molecule is CO/C(C)=N/C(=C\C=N)N1CCC(Nc2nc3c(-c4ccc(OC)cc4Cl)cccn3n2)CC1. The summed E-state index contributed by atoms with van der Waals surface area (Å²) in [6, 6.07) is 9.76. The Labute approximate surface area is 203 Å². The van der Waals surface area contributed by atoms with Gasteiger partial charge in [-0.3, -0.25) is 0 Å². The van der Waals surface area contributed by atoms with Gasteiger partial charge in [0.15, 0.2) is 11.5 Å². The van der Waals surface area contributed by atoms with Gasteiger partial charge in [-0.15, -0.1) is 5.10 Å². The summed E-state index contributed by atoms with van der Waals surface area (Å²) >= 11 is 6.51. The van der Waals surface area contributed by atoms with E-state index < -0.39 is 0 Å². The first-order valence-corrected chi connectivity index (χ1v) is 11.4. The predicted molar refractivity (Wildman–Crippen MR) is 135 cm³/mol. The lowest BCUT2D eigenvalue weighted by molar-refractivity contribution is 0.268. The first-order chi connectivity index (χ1) is 16.5. The Balaban J connectivity index is 1.49. The normalized spacial score (nSPS) is 15.5. The average Bonchev–Trinajstić information content (AvgIpc) is 3.26. The number of halogens is 1. The summed E-state index contributed by atoms with van der Waals surface area (Å²) in [5.41, 5.74) is 2.51. The fraction of sp³-hybridized carbons (Fsp3) is 0.333. The zero-order valence-corrected chi connectivity index (χ0v) is 20.2. The molecule has 0 aliphatic carbocycles. The molecule has 1 aliphatic heterocycles. The lowest BCUT2D eigenvalue weighted by atomic mass is 10.1. The summed E-state index contributed by atoms with van der Waals surface area (Å²) in [5.74, 6) is 2.59. The van der Waals surface area contributed by atoms with Gasteiger partial charge in [-0.1, -0.05) is 11.6 Å². The molecule has 0 spiro atoms. The number of benzene rings is 1. The van der Waals surface area contributed by atoms with Gasteiger partial charge in [0, 0.05) is 49.6 Å². The van der Waals surface area contributed by atoms with Gasteiger partial charge < -0.3 is 25.1 Å². The average molecular weight is 482 g/mol. The Kier molecular flexibility index (Phi) is 7.32. The number of nitrogens with one attached hydrogen (secondary N) is 2. The molecule has 2 N–H and O–H groups in total. The maximum atomic E-state index is 7.42. The highest BCUT2D eigenvalue weighted by molar-refractivity contribution is 6.33. The van der Waals surface area contributed by atoms with Crippen LogP contribution in [0.5, 0.6) is 5.75 Å². The molecule has 0 atom stereocenters. The zero-order valence-electron chi connectivity index (χ0n) is 19.5. The summed E-state index contributed by atoms with van der Waals surface area (Å²) in [4.78, 5) is 11.4. The fourth-order valence-corrected chi connectivity index (χ4v) is 4.22. The van der Waals surface area contributed by atoms with E-state index >= 15 is 0 Å². The number of nitrogens with zero attached hydrogens (tertiary/aromatic N) is 5. The first kappa shape index (κ1) is 23.6. The van der Waals surface area contributed by atoms with Gasteiger partial charge >= 0.3 is 0 Å². The van der Waals surface area contributed by atoms with Gasteiger partial charge in [-0.25, -0.2) is 9.51 Å². The number of rotatable bonds is 7. The minimum absolute atomic E-state index is 0.232. The van der Waals surface area contributed by atoms with Crippen LogP contribution in [0.1, 0.15) is 19.8 Å². The van der Waals surface area contributed by atoms with Crippen LogP contribution in [0.3, 0.4) is 0 Å². The van der Waals surface area contributed by atoms with Crippen LogP contribution < -0.4 is 10.1 Å². The zero-order chi connectivity index (χ0) is 24.1. The fourth-order valence-electron chi connectivity index (χ4n) is 3.95. The molecule has 0 bridgehead atoms. The minimum atomic E-state index is 0.232. The Hall–Kier alpha value is -3.59. The highest BCUT2D eigenvalue weighted by Gasteiger charge is 2.22. The van der Waals surface area contributed by atoms with Crippen molar-refractivity contribution in [3.05, 3.63) is 53.4 Å². The van der Waals surface area contributed by atoms with Crippen LogP contribution >= 0.6 is 11.6 Å². The summed E-state index contributed by atoms with van der Waals surface area (Å²) in [6.07, 6.45) is 6.60. The Morgan fingerprint density at radius 2 is 2.03 bits per heavy atom. The van der Waals surface area contributed by atoms with Crippen LogP contribution in [0.4, 0.5) is 5.95 Å². The van der Waals surface area contributed by atoms with E-state index in [0.717, 1.165) is 48.5 Å². The number of likely N-dealkylation sites (tertiary alicyclic amines) is 1. The molecular weight excluding hydrogens is 454 g/mol. The molecule has 178 valence electrons. The number of fused-ring (bicyclic) bond motifs is 1. The molecule has 2 aromatic heterocycles. The molecule has 0 amide bonds. The van der Waals surface area contributed by atoms with Crippen molar-refractivity contribution in [3.8, 4) is 16.9 Å². The molecule has 1 fully saturated rings. The smallest absolute Gasteiger partial charge is 0.243 e. The summed E-state index contributed by atoms with van der Waals surface area (Å²) < 4.78 is 12.2. The van der Waals surface area contributed by atoms with Gasteiger partial charge in [0.2, 0.25) is 5.95 Å². The molecule has 10 heteroatoms. The maximum Gasteiger partial charge on any atom is 0.243 e. The second-order valence-corrected chi connectivity index (χ2v) is 8.31. The van der Waals surface area contributed by atoms with Gasteiger partial charge in [-0.05, 0) is 49.2 Å². The van der Waals surface area contributed by atoms with Crippen LogP contribution in [0.15, 0.2) is 53.4 Å². The van der Waals surface area contributed by atoms with Crippen molar-refractivity contribution in [2.24, 2.45) is 4.99 Å². The molecule has 0 radical (unpaired) electrons. The Bertz CT molecular complexity index is 1230. The minimum Gasteiger partial charge on any atom is -0.497 e. The van der Waals surface area contributed by atoms with Crippen molar-refractivity contribution in [2.45, 2.75) is 25.8 Å². The molecule has 1 aromatic carbocycles. The predicted octanol–water partition coefficient (Wildman–Crippen LogP) is 4.49. The largest absolute Gasteiger partial charge is 0.497 e. The number of pyridine rings is 1. The van der Waals surface area contributed by atoms with Crippen molar-refractivity contribution in [1.29, 1.82) is 5.41 Å². The van der Waals surface area contributed by atoms with Crippen molar-refractivity contribution < 1.29 is 9.47 Å². The Morgan fingerprint density at radius 3 is 2.71 bits per heavy atom. The molecule has 1 aliphatic rings. The van der Waals surface area contributed by atoms with Crippen molar-refractivity contribution in [1.82, 2.24) is 19.5 Å². The number of aliphatic imine (C=N–C) groups is 1. The Morgan fingerprint density at radius 1 is 1.24 bits per heavy atom. The van der Waals surface area contributed by atoms with E-state index in [-0.39, 0.29) is 6.04 Å². The number of piperidine rings is 1. The van der Waals surface area contributed by atoms with Crippen molar-refractivity contribution >= 4 is 35.3 Å². The van der Waals surface area contributed by atoms with Crippen LogP contribution in [-0.4, -0.2) is 65.0 Å². The second-order valence-electron chi connectivity index (χ2n) is 7.90. The standard InChI is InChI=1S/C24H28ClN7O2/c1-16(33-2)27-22(8-11-26)31-13-9-17(10-14-31)28-24-29-23-20(5-4-12-32(23)30-24)19-7-6-18(34-3)15-21(19)25/h4-8,11-12,15,17,26H,9-10,13-14H2,1-3H3,(H,28,30)/b22-8+,26-11?,27-16+. The number of ether oxygens (including phenoxy) is 2. The van der Waals surface area contributed by atoms with Crippen LogP contribution in [-0.2, 0) is 4.74 Å². The number of methoxy groups -OCH3 is 2. The van der Waals surface area contributed by atoms with Gasteiger partial charge in [0.1, 0.15) is 11.6 Å². The molecular formula is C24H28ClN7O2. The van der Waals surface area contributed by atoms with Crippen LogP contribution in [0, 0.1) is 5.41 Å². The molecule has 34 heavy (non-hydrogen) atoms. The topological polar surface area (TPSA) is 100 Å². The molecule has 9 nitrogen and oxygen atoms in total. The van der Waals surface area contributed by atoms with Gasteiger partial charge in [0.25, 0.3) is 0 Å². The number of allylic oxidation sites excluding steroid dienone is 1. The molecule has 0 unspecified atom stereocenters. The van der Waals surface area contributed by atoms with Crippen LogP contribution in [0.25, 0.3) is 16.8 Å². The van der Waals surface area contributed by atoms with Crippen LogP contribution in [0.2, 0.25) is 5.02 Å². The summed E-state index contributed by atoms with van der Waals surface area (Å²) in [5, 5.41) is 16.1. The molecule has 0 saturated carbocycles. The van der Waals surface area contributed by atoms with Gasteiger partial charge in [0.05, 0.1) is 19.2 Å². The summed E-state index contributed by atoms with van der Waals surface area (Å²) in [6.45, 7) is 3.41. The lowest BCUT2D eigenvalue weighted by Crippen LogP contribution is -2.38. The number of hydrogen-bond donors (Lipinski definition) is 2. The number of hydrogen-bond acceptors (Lipinski definition) is 8. The van der Waals surface area contributed by atoms with E-state index in [1.54, 1.807) is 37.8 Å². The van der Waals surface area contributed by atoms with E-state index in [1.165, 1.54) is 6.21 Å². The third kappa shape index (κ3) is 5.14. The van der Waals surface area contributed by atoms with E-state index in [9.17, 15) is 0 Å². The number of anilines is 1. The maximum absolute atomic E-state index is 7.42. The monoisotopic (exact) mass is 481 g/mol. The molecule has 4 rings (SSSR count). The number of aromatic nitrogens is 3. The van der Waals surface area contributed by atoms with Crippen molar-refractivity contribution in [2.75, 3.05) is 32.6 Å². The second kappa shape index (κ2) is 10.6. The first-order valence-electron chi connectivity index (χ1n) is 11.0. The van der Waals surface area contributed by atoms with E-state index in [0.29, 0.717) is 22.6 Å². The highest BCUT2D eigenvalue weighted by atomic mass is 35.5. The highest BCUT2D eigenvalue weighted by Crippen LogP contribution is 2.33. The summed E-state index contributed by atoms with van der Waals surface area (Å²) in [7, 11) is 3.21. The van der Waals surface area contributed by atoms with E-state index in [1.807, 2.05) is 30.5 Å². The van der Waals surface area contributed by atoms with Crippen molar-refractivity contribution in [3.63, 3.8) is 0 Å². The molecule has 1 saturated heterocycles. The van der Waals surface area contributed by atoms with E-state index in [2.05, 4.69) is 20.3 Å². The third-order valence-corrected chi connectivity index (χ3v) is 6.09. The molecule has 3 aromatic rings. The van der Waals surface area contributed by atoms with Gasteiger partial charge in [-0.2, -0.15) is 4.98 Å².